The van der Waals surface area contributed by atoms with Crippen LogP contribution in [-0.2, 0) is 22.6 Å². The van der Waals surface area contributed by atoms with Gasteiger partial charge in [-0.2, -0.15) is 32.4 Å². The highest BCUT2D eigenvalue weighted by atomic mass is 31.2. The van der Waals surface area contributed by atoms with Gasteiger partial charge in [-0.15, -0.1) is 0 Å². The van der Waals surface area contributed by atoms with E-state index in [0.717, 1.165) is 44.9 Å². The molecule has 7 nitrogen and oxygen atoms in total. The molecule has 28 heavy (non-hydrogen) atoms. The first kappa shape index (κ1) is 28.6. The molecule has 0 fully saturated rings. The molecule has 0 aliphatic carbocycles. The average Bonchev–Trinajstić information content (AvgIpc) is 2.66. The van der Waals surface area contributed by atoms with E-state index in [1.807, 2.05) is 6.92 Å². The second kappa shape index (κ2) is 18.4. The van der Waals surface area contributed by atoms with Gasteiger partial charge in [0.25, 0.3) is 0 Å². The Bertz CT molecular complexity index is 320. The third kappa shape index (κ3) is 15.4. The lowest BCUT2D eigenvalue weighted by Crippen LogP contribution is -2.10. The third-order valence-corrected chi connectivity index (χ3v) is 7.74. The minimum absolute atomic E-state index is 0.323. The Kier molecular flexibility index (Phi) is 18.7. The smallest absolute Gasteiger partial charge is 0.193 e. The van der Waals surface area contributed by atoms with Gasteiger partial charge in [-0.1, -0.05) is 39.5 Å². The van der Waals surface area contributed by atoms with Crippen LogP contribution in [-0.4, -0.2) is 49.0 Å². The van der Waals surface area contributed by atoms with Crippen molar-refractivity contribution in [2.75, 3.05) is 39.2 Å². The molecule has 0 aromatic carbocycles. The fourth-order valence-corrected chi connectivity index (χ4v) is 5.55. The average molecular weight is 447 g/mol. The van der Waals surface area contributed by atoms with Gasteiger partial charge in [-0.05, 0) is 46.0 Å². The van der Waals surface area contributed by atoms with E-state index < -0.39 is 16.1 Å². The SMILES string of the molecule is CCCCCC[P+](O)(OCC)OCCCCO[P+](O)(OCC)OCCCCC. The van der Waals surface area contributed by atoms with Crippen LogP contribution in [0.1, 0.15) is 85.5 Å². The lowest BCUT2D eigenvalue weighted by molar-refractivity contribution is 0.0808. The molecule has 2 atom stereocenters. The lowest BCUT2D eigenvalue weighted by Gasteiger charge is -2.17. The first-order valence-electron chi connectivity index (χ1n) is 10.9. The molecule has 0 spiro atoms. The second-order valence-electron chi connectivity index (χ2n) is 6.64. The number of unbranched alkanes of at least 4 members (excludes halogenated alkanes) is 6. The van der Waals surface area contributed by atoms with E-state index in [1.54, 1.807) is 6.92 Å². The molecule has 0 saturated heterocycles. The minimum atomic E-state index is -3.23. The zero-order chi connectivity index (χ0) is 21.1. The number of rotatable bonds is 21. The normalized spacial score (nSPS) is 16.1. The van der Waals surface area contributed by atoms with Crippen LogP contribution in [0.25, 0.3) is 0 Å². The summed E-state index contributed by atoms with van der Waals surface area (Å²) in [5.41, 5.74) is 0. The molecular formula is C19H44O7P2+2. The van der Waals surface area contributed by atoms with Crippen LogP contribution >= 0.6 is 16.1 Å². The largest absolute Gasteiger partial charge is 0.572 e. The van der Waals surface area contributed by atoms with Gasteiger partial charge in [0.05, 0.1) is 19.8 Å². The molecule has 0 bridgehead atoms. The summed E-state index contributed by atoms with van der Waals surface area (Å²) in [7, 11) is -5.99. The number of hydrogen-bond acceptors (Lipinski definition) is 7. The molecule has 0 aliphatic heterocycles. The van der Waals surface area contributed by atoms with Gasteiger partial charge in [0.15, 0.2) is 0 Å². The Labute approximate surface area is 173 Å². The zero-order valence-corrected chi connectivity index (χ0v) is 20.2. The Hall–Kier alpha value is 0.580. The molecule has 0 radical (unpaired) electrons. The molecule has 0 amide bonds. The molecule has 170 valence electrons. The van der Waals surface area contributed by atoms with E-state index in [4.69, 9.17) is 22.6 Å². The highest BCUT2D eigenvalue weighted by Crippen LogP contribution is 2.59. The first-order chi connectivity index (χ1) is 13.4. The predicted octanol–water partition coefficient (Wildman–Crippen LogP) is 6.08. The molecule has 0 rings (SSSR count). The van der Waals surface area contributed by atoms with Gasteiger partial charge in [0, 0.05) is 0 Å². The molecule has 0 aromatic rings. The minimum Gasteiger partial charge on any atom is -0.193 e. The Morgan fingerprint density at radius 1 is 0.536 bits per heavy atom. The van der Waals surface area contributed by atoms with Crippen molar-refractivity contribution < 1.29 is 32.4 Å². The monoisotopic (exact) mass is 446 g/mol. The summed E-state index contributed by atoms with van der Waals surface area (Å²) in [4.78, 5) is 20.9. The van der Waals surface area contributed by atoms with Crippen molar-refractivity contribution >= 4 is 16.1 Å². The van der Waals surface area contributed by atoms with Crippen LogP contribution in [0.3, 0.4) is 0 Å². The highest BCUT2D eigenvalue weighted by Gasteiger charge is 2.44. The highest BCUT2D eigenvalue weighted by molar-refractivity contribution is 7.60. The van der Waals surface area contributed by atoms with Crippen LogP contribution < -0.4 is 0 Å². The van der Waals surface area contributed by atoms with E-state index >= 15 is 0 Å². The van der Waals surface area contributed by atoms with E-state index in [9.17, 15) is 9.79 Å². The second-order valence-corrected chi connectivity index (χ2v) is 10.6. The van der Waals surface area contributed by atoms with E-state index in [-0.39, 0.29) is 0 Å². The van der Waals surface area contributed by atoms with Crippen LogP contribution in [0.5, 0.6) is 0 Å². The fraction of sp³-hybridized carbons (Fsp3) is 1.00. The molecular weight excluding hydrogens is 402 g/mol. The topological polar surface area (TPSA) is 86.6 Å². The van der Waals surface area contributed by atoms with Crippen molar-refractivity contribution in [3.63, 3.8) is 0 Å². The van der Waals surface area contributed by atoms with Crippen molar-refractivity contribution in [2.24, 2.45) is 0 Å². The van der Waals surface area contributed by atoms with Gasteiger partial charge >= 0.3 is 16.1 Å². The molecule has 2 N–H and O–H groups in total. The van der Waals surface area contributed by atoms with Crippen molar-refractivity contribution in [3.8, 4) is 0 Å². The Morgan fingerprint density at radius 2 is 1.04 bits per heavy atom. The van der Waals surface area contributed by atoms with Crippen LogP contribution in [0.15, 0.2) is 0 Å². The van der Waals surface area contributed by atoms with E-state index in [2.05, 4.69) is 13.8 Å². The maximum atomic E-state index is 10.6. The Morgan fingerprint density at radius 3 is 1.57 bits per heavy atom. The van der Waals surface area contributed by atoms with Crippen LogP contribution in [0, 0.1) is 0 Å². The molecule has 0 aromatic heterocycles. The molecule has 0 saturated carbocycles. The van der Waals surface area contributed by atoms with Gasteiger partial charge < -0.3 is 0 Å². The Balaban J connectivity index is 4.07. The summed E-state index contributed by atoms with van der Waals surface area (Å²) in [6.07, 6.45) is 9.30. The summed E-state index contributed by atoms with van der Waals surface area (Å²) in [6.45, 7) is 9.89. The van der Waals surface area contributed by atoms with Gasteiger partial charge in [0.2, 0.25) is 0 Å². The standard InChI is InChI=1S/C19H44O7P2/c1-5-9-11-15-19-27(20,22-7-3)24-16-13-14-18-26-28(21,23-8-4)25-17-12-10-6-2/h20-21H,5-19H2,1-4H3/q+2. The maximum absolute atomic E-state index is 10.6. The molecule has 2 unspecified atom stereocenters. The van der Waals surface area contributed by atoms with E-state index in [0.29, 0.717) is 52.0 Å². The summed E-state index contributed by atoms with van der Waals surface area (Å²) in [5.74, 6) is 0. The first-order valence-corrected chi connectivity index (χ1v) is 14.2. The van der Waals surface area contributed by atoms with Gasteiger partial charge in [0.1, 0.15) is 19.4 Å². The van der Waals surface area contributed by atoms with Crippen LogP contribution in [0.2, 0.25) is 0 Å². The zero-order valence-electron chi connectivity index (χ0n) is 18.4. The summed E-state index contributed by atoms with van der Waals surface area (Å²) in [5, 5.41) is 0. The molecule has 0 heterocycles. The fourth-order valence-electron chi connectivity index (χ4n) is 2.50. The van der Waals surface area contributed by atoms with Crippen LogP contribution in [0.4, 0.5) is 0 Å². The van der Waals surface area contributed by atoms with Crippen molar-refractivity contribution in [2.45, 2.75) is 85.5 Å². The van der Waals surface area contributed by atoms with E-state index in [1.165, 1.54) is 0 Å². The van der Waals surface area contributed by atoms with Gasteiger partial charge in [-0.25, -0.2) is 0 Å². The molecule has 9 heteroatoms. The summed E-state index contributed by atoms with van der Waals surface area (Å²) < 4.78 is 27.5. The summed E-state index contributed by atoms with van der Waals surface area (Å²) >= 11 is 0. The summed E-state index contributed by atoms with van der Waals surface area (Å²) in [6, 6.07) is 0. The lowest BCUT2D eigenvalue weighted by atomic mass is 10.2. The quantitative estimate of drug-likeness (QED) is 0.163. The van der Waals surface area contributed by atoms with Gasteiger partial charge in [-0.3, -0.25) is 0 Å². The predicted molar refractivity (Wildman–Crippen MR) is 117 cm³/mol. The maximum Gasteiger partial charge on any atom is 0.572 e. The third-order valence-electron chi connectivity index (χ3n) is 4.01. The molecule has 0 aliphatic rings. The number of hydrogen-bond donors (Lipinski definition) is 2. The van der Waals surface area contributed by atoms with Crippen molar-refractivity contribution in [1.29, 1.82) is 0 Å². The van der Waals surface area contributed by atoms with Crippen molar-refractivity contribution in [3.05, 3.63) is 0 Å². The van der Waals surface area contributed by atoms with Crippen molar-refractivity contribution in [1.82, 2.24) is 0 Å².